The molecule has 5 nitrogen and oxygen atoms in total. The first-order valence-corrected chi connectivity index (χ1v) is 10.1. The lowest BCUT2D eigenvalue weighted by molar-refractivity contribution is -0.122. The lowest BCUT2D eigenvalue weighted by Gasteiger charge is -2.20. The summed E-state index contributed by atoms with van der Waals surface area (Å²) < 4.78 is 0. The van der Waals surface area contributed by atoms with Crippen LogP contribution in [0.2, 0.25) is 0 Å². The zero-order valence-corrected chi connectivity index (χ0v) is 17.0. The van der Waals surface area contributed by atoms with E-state index >= 15 is 0 Å². The van der Waals surface area contributed by atoms with Crippen LogP contribution in [-0.2, 0) is 4.79 Å². The Morgan fingerprint density at radius 3 is 1.80 bits per heavy atom. The predicted molar refractivity (Wildman–Crippen MR) is 120 cm³/mol. The highest BCUT2D eigenvalue weighted by atomic mass is 16.2. The molecule has 0 bridgehead atoms. The molecule has 5 heteroatoms. The van der Waals surface area contributed by atoms with Crippen molar-refractivity contribution in [1.82, 2.24) is 10.6 Å². The second-order valence-corrected chi connectivity index (χ2v) is 7.14. The minimum Gasteiger partial charge on any atom is -0.354 e. The maximum absolute atomic E-state index is 12.4. The van der Waals surface area contributed by atoms with Crippen molar-refractivity contribution in [3.8, 4) is 0 Å². The van der Waals surface area contributed by atoms with Crippen LogP contribution in [0.15, 0.2) is 91.0 Å². The van der Waals surface area contributed by atoms with E-state index in [9.17, 15) is 9.59 Å². The van der Waals surface area contributed by atoms with Gasteiger partial charge in [0.05, 0.1) is 0 Å². The molecule has 0 aliphatic carbocycles. The van der Waals surface area contributed by atoms with Gasteiger partial charge in [0.15, 0.2) is 0 Å². The smallest absolute Gasteiger partial charge is 0.319 e. The molecule has 0 radical (unpaired) electrons. The molecule has 0 saturated heterocycles. The van der Waals surface area contributed by atoms with Crippen LogP contribution in [-0.4, -0.2) is 24.5 Å². The zero-order chi connectivity index (χ0) is 21.2. The SMILES string of the molecule is C[C@@H](NC(=O)Nc1ccccc1)C(=O)NCCC(c1ccccc1)c1ccccc1. The molecule has 30 heavy (non-hydrogen) atoms. The van der Waals surface area contributed by atoms with Gasteiger partial charge in [-0.2, -0.15) is 0 Å². The Balaban J connectivity index is 1.52. The number of benzene rings is 3. The Bertz CT molecular complexity index is 891. The van der Waals surface area contributed by atoms with Crippen LogP contribution in [0.1, 0.15) is 30.4 Å². The van der Waals surface area contributed by atoms with Gasteiger partial charge in [0, 0.05) is 18.2 Å². The van der Waals surface area contributed by atoms with Gasteiger partial charge in [0.1, 0.15) is 6.04 Å². The highest BCUT2D eigenvalue weighted by Crippen LogP contribution is 2.27. The summed E-state index contributed by atoms with van der Waals surface area (Å²) in [5.41, 5.74) is 3.11. The van der Waals surface area contributed by atoms with Crippen molar-refractivity contribution < 1.29 is 9.59 Å². The Hall–Kier alpha value is -3.60. The molecule has 3 aromatic rings. The van der Waals surface area contributed by atoms with Crippen molar-refractivity contribution in [3.05, 3.63) is 102 Å². The monoisotopic (exact) mass is 401 g/mol. The lowest BCUT2D eigenvalue weighted by atomic mass is 9.88. The summed E-state index contributed by atoms with van der Waals surface area (Å²) in [6.45, 7) is 2.19. The highest BCUT2D eigenvalue weighted by molar-refractivity contribution is 5.93. The first kappa shape index (κ1) is 21.1. The van der Waals surface area contributed by atoms with Crippen molar-refractivity contribution in [3.63, 3.8) is 0 Å². The fourth-order valence-electron chi connectivity index (χ4n) is 3.34. The highest BCUT2D eigenvalue weighted by Gasteiger charge is 2.17. The molecule has 0 aliphatic rings. The Morgan fingerprint density at radius 1 is 0.767 bits per heavy atom. The van der Waals surface area contributed by atoms with Gasteiger partial charge in [-0.3, -0.25) is 4.79 Å². The van der Waals surface area contributed by atoms with Crippen molar-refractivity contribution in [2.45, 2.75) is 25.3 Å². The van der Waals surface area contributed by atoms with Crippen molar-refractivity contribution in [2.24, 2.45) is 0 Å². The topological polar surface area (TPSA) is 70.2 Å². The van der Waals surface area contributed by atoms with Crippen LogP contribution in [0.3, 0.4) is 0 Å². The number of carbonyl (C=O) groups is 2. The van der Waals surface area contributed by atoms with Gasteiger partial charge in [0.25, 0.3) is 0 Å². The van der Waals surface area contributed by atoms with Crippen LogP contribution in [0.4, 0.5) is 10.5 Å². The standard InChI is InChI=1S/C25H27N3O2/c1-19(27-25(30)28-22-15-9-4-10-16-22)24(29)26-18-17-23(20-11-5-2-6-12-20)21-13-7-3-8-14-21/h2-16,19,23H,17-18H2,1H3,(H,26,29)(H2,27,28,30)/t19-/m1/s1. The first-order chi connectivity index (χ1) is 14.6. The summed E-state index contributed by atoms with van der Waals surface area (Å²) in [5, 5.41) is 8.32. The van der Waals surface area contributed by atoms with Crippen molar-refractivity contribution in [2.75, 3.05) is 11.9 Å². The van der Waals surface area contributed by atoms with Crippen LogP contribution in [0.25, 0.3) is 0 Å². The Labute approximate surface area is 177 Å². The first-order valence-electron chi connectivity index (χ1n) is 10.1. The van der Waals surface area contributed by atoms with Crippen LogP contribution < -0.4 is 16.0 Å². The van der Waals surface area contributed by atoms with Gasteiger partial charge in [-0.15, -0.1) is 0 Å². The maximum atomic E-state index is 12.4. The quantitative estimate of drug-likeness (QED) is 0.519. The van der Waals surface area contributed by atoms with Gasteiger partial charge < -0.3 is 16.0 Å². The van der Waals surface area contributed by atoms with E-state index in [1.807, 2.05) is 54.6 Å². The summed E-state index contributed by atoms with van der Waals surface area (Å²) in [6.07, 6.45) is 0.767. The molecule has 0 fully saturated rings. The third kappa shape index (κ3) is 6.21. The number of nitrogens with one attached hydrogen (secondary N) is 3. The average molecular weight is 402 g/mol. The molecule has 1 atom stereocenters. The number of amides is 3. The number of hydrogen-bond acceptors (Lipinski definition) is 2. The fourth-order valence-corrected chi connectivity index (χ4v) is 3.34. The third-order valence-corrected chi connectivity index (χ3v) is 4.91. The number of para-hydroxylation sites is 1. The molecule has 0 heterocycles. The summed E-state index contributed by atoms with van der Waals surface area (Å²) in [4.78, 5) is 24.5. The molecule has 3 rings (SSSR count). The van der Waals surface area contributed by atoms with Crippen LogP contribution >= 0.6 is 0 Å². The summed E-state index contributed by atoms with van der Waals surface area (Å²) in [6, 6.07) is 28.6. The Morgan fingerprint density at radius 2 is 1.27 bits per heavy atom. The van der Waals surface area contributed by atoms with Gasteiger partial charge in [-0.1, -0.05) is 78.9 Å². The van der Waals surface area contributed by atoms with Gasteiger partial charge >= 0.3 is 6.03 Å². The van der Waals surface area contributed by atoms with Gasteiger partial charge in [0.2, 0.25) is 5.91 Å². The minimum atomic E-state index is -0.638. The largest absolute Gasteiger partial charge is 0.354 e. The number of rotatable bonds is 8. The molecular weight excluding hydrogens is 374 g/mol. The fraction of sp³-hybridized carbons (Fsp3) is 0.200. The van der Waals surface area contributed by atoms with Gasteiger partial charge in [-0.25, -0.2) is 4.79 Å². The third-order valence-electron chi connectivity index (χ3n) is 4.91. The normalized spacial score (nSPS) is 11.5. The molecule has 3 N–H and O–H groups in total. The molecule has 0 spiro atoms. The van der Waals surface area contributed by atoms with E-state index in [0.717, 1.165) is 6.42 Å². The van der Waals surface area contributed by atoms with E-state index in [0.29, 0.717) is 12.2 Å². The van der Waals surface area contributed by atoms with E-state index in [4.69, 9.17) is 0 Å². The number of hydrogen-bond donors (Lipinski definition) is 3. The van der Waals surface area contributed by atoms with Crippen molar-refractivity contribution in [1.29, 1.82) is 0 Å². The Kier molecular flexibility index (Phi) is 7.61. The average Bonchev–Trinajstić information content (AvgIpc) is 2.78. The maximum Gasteiger partial charge on any atom is 0.319 e. The molecule has 154 valence electrons. The summed E-state index contributed by atoms with van der Waals surface area (Å²) >= 11 is 0. The van der Waals surface area contributed by atoms with Crippen LogP contribution in [0.5, 0.6) is 0 Å². The molecular formula is C25H27N3O2. The van der Waals surface area contributed by atoms with Crippen molar-refractivity contribution >= 4 is 17.6 Å². The van der Waals surface area contributed by atoms with E-state index < -0.39 is 12.1 Å². The number of carbonyl (C=O) groups excluding carboxylic acids is 2. The molecule has 3 amide bonds. The molecule has 0 aromatic heterocycles. The predicted octanol–water partition coefficient (Wildman–Crippen LogP) is 4.54. The lowest BCUT2D eigenvalue weighted by Crippen LogP contribution is -2.46. The van der Waals surface area contributed by atoms with E-state index in [-0.39, 0.29) is 11.8 Å². The summed E-state index contributed by atoms with van der Waals surface area (Å²) in [7, 11) is 0. The molecule has 3 aromatic carbocycles. The van der Waals surface area contributed by atoms with E-state index in [2.05, 4.69) is 40.2 Å². The van der Waals surface area contributed by atoms with Crippen LogP contribution in [0, 0.1) is 0 Å². The molecule has 0 aliphatic heterocycles. The number of urea groups is 1. The zero-order valence-electron chi connectivity index (χ0n) is 17.0. The minimum absolute atomic E-state index is 0.192. The second-order valence-electron chi connectivity index (χ2n) is 7.14. The second kappa shape index (κ2) is 10.8. The summed E-state index contributed by atoms with van der Waals surface area (Å²) in [5.74, 6) is -0.0181. The van der Waals surface area contributed by atoms with Gasteiger partial charge in [-0.05, 0) is 36.6 Å². The number of anilines is 1. The van der Waals surface area contributed by atoms with E-state index in [1.165, 1.54) is 11.1 Å². The van der Waals surface area contributed by atoms with E-state index in [1.54, 1.807) is 19.1 Å². The molecule has 0 unspecified atom stereocenters. The molecule has 0 saturated carbocycles.